The number of ether oxygens (including phenoxy) is 1. The highest BCUT2D eigenvalue weighted by Gasteiger charge is 2.14. The molecule has 100 valence electrons. The highest BCUT2D eigenvalue weighted by molar-refractivity contribution is 5.77. The molecular formula is C13H26N2O2. The van der Waals surface area contributed by atoms with Gasteiger partial charge in [-0.05, 0) is 45.2 Å². The first-order chi connectivity index (χ1) is 8.22. The molecule has 0 atom stereocenters. The molecule has 1 fully saturated rings. The first-order valence-electron chi connectivity index (χ1n) is 6.79. The van der Waals surface area contributed by atoms with E-state index in [1.807, 2.05) is 6.92 Å². The van der Waals surface area contributed by atoms with Gasteiger partial charge in [0, 0.05) is 19.7 Å². The van der Waals surface area contributed by atoms with Gasteiger partial charge >= 0.3 is 0 Å². The molecule has 1 saturated heterocycles. The average molecular weight is 242 g/mol. The van der Waals surface area contributed by atoms with Gasteiger partial charge in [0.1, 0.15) is 6.61 Å². The summed E-state index contributed by atoms with van der Waals surface area (Å²) in [5, 5.41) is 2.72. The number of hydrogen-bond acceptors (Lipinski definition) is 3. The summed E-state index contributed by atoms with van der Waals surface area (Å²) in [5.74, 6) is 0.875. The van der Waals surface area contributed by atoms with Gasteiger partial charge in [0.15, 0.2) is 0 Å². The summed E-state index contributed by atoms with van der Waals surface area (Å²) in [5.41, 5.74) is 0. The second-order valence-corrected chi connectivity index (χ2v) is 4.88. The highest BCUT2D eigenvalue weighted by Crippen LogP contribution is 2.15. The Bertz CT molecular complexity index is 213. The van der Waals surface area contributed by atoms with Gasteiger partial charge in [-0.1, -0.05) is 6.92 Å². The number of likely N-dealkylation sites (N-methyl/N-ethyl adjacent to an activating group) is 1. The SMILES string of the molecule is CCNC(=O)COCCCN1CCC(C)CC1. The van der Waals surface area contributed by atoms with Crippen molar-refractivity contribution in [1.82, 2.24) is 10.2 Å². The number of nitrogens with zero attached hydrogens (tertiary/aromatic N) is 1. The van der Waals surface area contributed by atoms with E-state index in [0.717, 1.165) is 18.9 Å². The van der Waals surface area contributed by atoms with Crippen molar-refractivity contribution < 1.29 is 9.53 Å². The van der Waals surface area contributed by atoms with E-state index in [4.69, 9.17) is 4.74 Å². The Morgan fingerprint density at radius 3 is 2.76 bits per heavy atom. The minimum Gasteiger partial charge on any atom is -0.372 e. The van der Waals surface area contributed by atoms with Crippen LogP contribution in [0.25, 0.3) is 0 Å². The fourth-order valence-corrected chi connectivity index (χ4v) is 2.09. The normalized spacial score (nSPS) is 18.2. The molecule has 1 amide bonds. The Morgan fingerprint density at radius 2 is 2.12 bits per heavy atom. The van der Waals surface area contributed by atoms with E-state index < -0.39 is 0 Å². The summed E-state index contributed by atoms with van der Waals surface area (Å²) in [6.45, 7) is 9.33. The summed E-state index contributed by atoms with van der Waals surface area (Å²) < 4.78 is 5.32. The number of carbonyl (C=O) groups is 1. The summed E-state index contributed by atoms with van der Waals surface area (Å²) >= 11 is 0. The summed E-state index contributed by atoms with van der Waals surface area (Å²) in [6.07, 6.45) is 3.66. The lowest BCUT2D eigenvalue weighted by atomic mass is 9.99. The van der Waals surface area contributed by atoms with Gasteiger partial charge in [0.05, 0.1) is 0 Å². The van der Waals surface area contributed by atoms with Crippen LogP contribution in [0.5, 0.6) is 0 Å². The van der Waals surface area contributed by atoms with Gasteiger partial charge in [-0.3, -0.25) is 4.79 Å². The summed E-state index contributed by atoms with van der Waals surface area (Å²) in [7, 11) is 0. The van der Waals surface area contributed by atoms with Gasteiger partial charge in [0.2, 0.25) is 5.91 Å². The molecule has 0 aliphatic carbocycles. The van der Waals surface area contributed by atoms with Gasteiger partial charge in [-0.25, -0.2) is 0 Å². The molecule has 1 N–H and O–H groups in total. The molecule has 0 aromatic heterocycles. The maximum absolute atomic E-state index is 11.1. The lowest BCUT2D eigenvalue weighted by molar-refractivity contribution is -0.125. The van der Waals surface area contributed by atoms with Crippen LogP contribution in [-0.2, 0) is 9.53 Å². The Balaban J connectivity index is 1.92. The predicted octanol–water partition coefficient (Wildman–Crippen LogP) is 1.26. The molecule has 0 spiro atoms. The van der Waals surface area contributed by atoms with E-state index in [0.29, 0.717) is 13.2 Å². The lowest BCUT2D eigenvalue weighted by Gasteiger charge is -2.29. The number of piperidine rings is 1. The quantitative estimate of drug-likeness (QED) is 0.683. The molecule has 1 heterocycles. The molecule has 0 unspecified atom stereocenters. The molecular weight excluding hydrogens is 216 g/mol. The van der Waals surface area contributed by atoms with Crippen LogP contribution in [0.3, 0.4) is 0 Å². The minimum absolute atomic E-state index is 0.0145. The van der Waals surface area contributed by atoms with Crippen molar-refractivity contribution in [2.45, 2.75) is 33.1 Å². The third kappa shape index (κ3) is 6.64. The maximum Gasteiger partial charge on any atom is 0.245 e. The third-order valence-corrected chi connectivity index (χ3v) is 3.25. The van der Waals surface area contributed by atoms with Gasteiger partial charge in [0.25, 0.3) is 0 Å². The minimum atomic E-state index is -0.0145. The molecule has 4 heteroatoms. The molecule has 0 saturated carbocycles. The Morgan fingerprint density at radius 1 is 1.41 bits per heavy atom. The zero-order chi connectivity index (χ0) is 12.5. The van der Waals surface area contributed by atoms with Crippen molar-refractivity contribution in [2.24, 2.45) is 5.92 Å². The standard InChI is InChI=1S/C13H26N2O2/c1-3-14-13(16)11-17-10-4-7-15-8-5-12(2)6-9-15/h12H,3-11H2,1-2H3,(H,14,16). The van der Waals surface area contributed by atoms with Crippen LogP contribution in [0.4, 0.5) is 0 Å². The monoisotopic (exact) mass is 242 g/mol. The molecule has 0 aromatic carbocycles. The fraction of sp³-hybridized carbons (Fsp3) is 0.923. The van der Waals surface area contributed by atoms with Crippen LogP contribution in [0, 0.1) is 5.92 Å². The zero-order valence-corrected chi connectivity index (χ0v) is 11.2. The molecule has 1 aliphatic rings. The lowest BCUT2D eigenvalue weighted by Crippen LogP contribution is -2.34. The van der Waals surface area contributed by atoms with Crippen molar-refractivity contribution in [3.63, 3.8) is 0 Å². The van der Waals surface area contributed by atoms with E-state index in [-0.39, 0.29) is 12.5 Å². The first-order valence-corrected chi connectivity index (χ1v) is 6.79. The average Bonchev–Trinajstić information content (AvgIpc) is 2.31. The maximum atomic E-state index is 11.1. The van der Waals surface area contributed by atoms with Gasteiger partial charge < -0.3 is 15.0 Å². The van der Waals surface area contributed by atoms with Crippen molar-refractivity contribution >= 4 is 5.91 Å². The van der Waals surface area contributed by atoms with E-state index >= 15 is 0 Å². The Kier molecular flexibility index (Phi) is 7.21. The summed E-state index contributed by atoms with van der Waals surface area (Å²) in [6, 6.07) is 0. The van der Waals surface area contributed by atoms with Crippen molar-refractivity contribution in [1.29, 1.82) is 0 Å². The number of hydrogen-bond donors (Lipinski definition) is 1. The molecule has 17 heavy (non-hydrogen) atoms. The van der Waals surface area contributed by atoms with Crippen LogP contribution in [-0.4, -0.2) is 50.2 Å². The van der Waals surface area contributed by atoms with Crippen LogP contribution in [0.2, 0.25) is 0 Å². The molecule has 0 aromatic rings. The second kappa shape index (κ2) is 8.48. The van der Waals surface area contributed by atoms with Gasteiger partial charge in [-0.2, -0.15) is 0 Å². The van der Waals surface area contributed by atoms with E-state index in [2.05, 4.69) is 17.1 Å². The largest absolute Gasteiger partial charge is 0.372 e. The smallest absolute Gasteiger partial charge is 0.245 e. The van der Waals surface area contributed by atoms with E-state index in [9.17, 15) is 4.79 Å². The second-order valence-electron chi connectivity index (χ2n) is 4.88. The summed E-state index contributed by atoms with van der Waals surface area (Å²) in [4.78, 5) is 13.6. The number of likely N-dealkylation sites (tertiary alicyclic amines) is 1. The molecule has 0 radical (unpaired) electrons. The molecule has 1 aliphatic heterocycles. The van der Waals surface area contributed by atoms with Gasteiger partial charge in [-0.15, -0.1) is 0 Å². The fourth-order valence-electron chi connectivity index (χ4n) is 2.09. The first kappa shape index (κ1) is 14.5. The highest BCUT2D eigenvalue weighted by atomic mass is 16.5. The van der Waals surface area contributed by atoms with Crippen LogP contribution >= 0.6 is 0 Å². The van der Waals surface area contributed by atoms with Crippen molar-refractivity contribution in [2.75, 3.05) is 39.4 Å². The zero-order valence-electron chi connectivity index (χ0n) is 11.2. The number of amides is 1. The molecule has 1 rings (SSSR count). The third-order valence-electron chi connectivity index (χ3n) is 3.25. The molecule has 4 nitrogen and oxygen atoms in total. The predicted molar refractivity (Wildman–Crippen MR) is 69.0 cm³/mol. The van der Waals surface area contributed by atoms with Crippen LogP contribution < -0.4 is 5.32 Å². The van der Waals surface area contributed by atoms with E-state index in [1.54, 1.807) is 0 Å². The van der Waals surface area contributed by atoms with Crippen molar-refractivity contribution in [3.8, 4) is 0 Å². The van der Waals surface area contributed by atoms with Crippen LogP contribution in [0.1, 0.15) is 33.1 Å². The van der Waals surface area contributed by atoms with E-state index in [1.165, 1.54) is 25.9 Å². The van der Waals surface area contributed by atoms with Crippen molar-refractivity contribution in [3.05, 3.63) is 0 Å². The molecule has 0 bridgehead atoms. The van der Waals surface area contributed by atoms with Crippen LogP contribution in [0.15, 0.2) is 0 Å². The Hall–Kier alpha value is -0.610. The number of nitrogens with one attached hydrogen (secondary N) is 1. The topological polar surface area (TPSA) is 41.6 Å². The Labute approximate surface area is 105 Å². The number of carbonyl (C=O) groups excluding carboxylic acids is 1. The number of rotatable bonds is 7.